The van der Waals surface area contributed by atoms with E-state index < -0.39 is 0 Å². The van der Waals surface area contributed by atoms with Crippen LogP contribution in [0.2, 0.25) is 0 Å². The molecule has 0 heterocycles. The van der Waals surface area contributed by atoms with Crippen LogP contribution in [0, 0.1) is 5.53 Å². The summed E-state index contributed by atoms with van der Waals surface area (Å²) in [4.78, 5) is 0. The molecular weight excluding hydrogens is 191 g/mol. The molecule has 34 valence electrons. The molecule has 3 heteroatoms. The lowest BCUT2D eigenvalue weighted by atomic mass is 10.7. The lowest BCUT2D eigenvalue weighted by Gasteiger charge is -1.65. The van der Waals surface area contributed by atoms with Crippen LogP contribution in [-0.2, 0) is 0 Å². The Morgan fingerprint density at radius 1 is 1.83 bits per heavy atom. The van der Waals surface area contributed by atoms with Gasteiger partial charge in [0, 0.05) is 10.6 Å². The van der Waals surface area contributed by atoms with E-state index in [1.54, 1.807) is 0 Å². The highest BCUT2D eigenvalue weighted by Gasteiger charge is 1.58. The van der Waals surface area contributed by atoms with E-state index in [1.807, 2.05) is 6.08 Å². The second-order valence-electron chi connectivity index (χ2n) is 0.668. The molecule has 6 heavy (non-hydrogen) atoms. The summed E-state index contributed by atoms with van der Waals surface area (Å²) < 4.78 is 0.931. The Kier molecular flexibility index (Phi) is 5.13. The maximum atomic E-state index is 6.24. The van der Waals surface area contributed by atoms with Gasteiger partial charge in [-0.05, 0) is 0 Å². The Morgan fingerprint density at radius 2 is 2.50 bits per heavy atom. The highest BCUT2D eigenvalue weighted by Crippen LogP contribution is 1.81. The highest BCUT2D eigenvalue weighted by molar-refractivity contribution is 14.1. The topological polar surface area (TPSA) is 36.2 Å². The molecule has 0 radical (unpaired) electrons. The van der Waals surface area contributed by atoms with E-state index in [0.717, 1.165) is 4.43 Å². The standard InChI is InChI=1S/C3H5IN2/c4-2-1-3-6-5/h1,3,5H,2H2/b3-1-,6-5?. The highest BCUT2D eigenvalue weighted by atomic mass is 127. The smallest absolute Gasteiger partial charge is 0.0456 e. The van der Waals surface area contributed by atoms with E-state index in [-0.39, 0.29) is 0 Å². The zero-order chi connectivity index (χ0) is 4.83. The van der Waals surface area contributed by atoms with E-state index in [4.69, 9.17) is 5.53 Å². The molecule has 0 spiro atoms. The first-order chi connectivity index (χ1) is 2.91. The number of allylic oxidation sites excluding steroid dienone is 1. The summed E-state index contributed by atoms with van der Waals surface area (Å²) >= 11 is 2.18. The van der Waals surface area contributed by atoms with Gasteiger partial charge in [0.2, 0.25) is 0 Å². The Morgan fingerprint density at radius 3 is 2.67 bits per heavy atom. The van der Waals surface area contributed by atoms with Crippen molar-refractivity contribution < 1.29 is 0 Å². The van der Waals surface area contributed by atoms with Crippen LogP contribution in [0.15, 0.2) is 17.4 Å². The van der Waals surface area contributed by atoms with Crippen LogP contribution in [0.3, 0.4) is 0 Å². The lowest BCUT2D eigenvalue weighted by molar-refractivity contribution is 1.14. The number of nitrogens with one attached hydrogen (secondary N) is 1. The summed E-state index contributed by atoms with van der Waals surface area (Å²) in [5, 5.41) is 2.99. The fraction of sp³-hybridized carbons (Fsp3) is 0.333. The third-order valence-corrected chi connectivity index (χ3v) is 0.778. The van der Waals surface area contributed by atoms with Crippen LogP contribution < -0.4 is 0 Å². The monoisotopic (exact) mass is 196 g/mol. The van der Waals surface area contributed by atoms with Gasteiger partial charge >= 0.3 is 0 Å². The maximum absolute atomic E-state index is 6.24. The van der Waals surface area contributed by atoms with Crippen molar-refractivity contribution in [3.63, 3.8) is 0 Å². The molecule has 0 aliphatic rings. The van der Waals surface area contributed by atoms with Gasteiger partial charge in [-0.25, -0.2) is 5.53 Å². The summed E-state index contributed by atoms with van der Waals surface area (Å²) in [6.45, 7) is 0. The Balaban J connectivity index is 2.94. The molecule has 0 aromatic heterocycles. The molecule has 0 aliphatic carbocycles. The molecule has 0 atom stereocenters. The molecule has 0 aromatic rings. The first-order valence-corrected chi connectivity index (χ1v) is 3.02. The lowest BCUT2D eigenvalue weighted by Crippen LogP contribution is -1.51. The van der Waals surface area contributed by atoms with E-state index in [0.29, 0.717) is 0 Å². The Hall–Kier alpha value is 0.0700. The van der Waals surface area contributed by atoms with Gasteiger partial charge in [-0.1, -0.05) is 28.7 Å². The van der Waals surface area contributed by atoms with Crippen molar-refractivity contribution in [2.24, 2.45) is 5.11 Å². The van der Waals surface area contributed by atoms with E-state index in [1.165, 1.54) is 6.20 Å². The molecule has 0 saturated carbocycles. The minimum Gasteiger partial charge on any atom is -0.205 e. The second kappa shape index (κ2) is 5.07. The SMILES string of the molecule is N=N/C=C\CI. The first-order valence-electron chi connectivity index (χ1n) is 1.49. The molecule has 0 aromatic carbocycles. The van der Waals surface area contributed by atoms with Crippen molar-refractivity contribution in [3.8, 4) is 0 Å². The van der Waals surface area contributed by atoms with Crippen LogP contribution in [0.25, 0.3) is 0 Å². The second-order valence-corrected chi connectivity index (χ2v) is 1.55. The van der Waals surface area contributed by atoms with Crippen LogP contribution >= 0.6 is 22.6 Å². The van der Waals surface area contributed by atoms with Crippen molar-refractivity contribution in [3.05, 3.63) is 12.3 Å². The first kappa shape index (κ1) is 6.07. The van der Waals surface area contributed by atoms with Gasteiger partial charge in [0.15, 0.2) is 0 Å². The zero-order valence-electron chi connectivity index (χ0n) is 3.19. The number of halogens is 1. The summed E-state index contributed by atoms with van der Waals surface area (Å²) in [6.07, 6.45) is 3.28. The van der Waals surface area contributed by atoms with Crippen molar-refractivity contribution in [1.82, 2.24) is 0 Å². The molecule has 0 bridgehead atoms. The fourth-order valence-electron chi connectivity index (χ4n) is 0.0925. The molecule has 1 N–H and O–H groups in total. The van der Waals surface area contributed by atoms with E-state index >= 15 is 0 Å². The van der Waals surface area contributed by atoms with Crippen molar-refractivity contribution >= 4 is 22.6 Å². The number of hydrogen-bond donors (Lipinski definition) is 1. The number of hydrogen-bond acceptors (Lipinski definition) is 2. The quantitative estimate of drug-likeness (QED) is 0.398. The van der Waals surface area contributed by atoms with Gasteiger partial charge in [-0.15, -0.1) is 0 Å². The molecule has 0 amide bonds. The minimum atomic E-state index is 0.931. The van der Waals surface area contributed by atoms with Crippen LogP contribution in [0.5, 0.6) is 0 Å². The summed E-state index contributed by atoms with van der Waals surface area (Å²) in [5.74, 6) is 0. The largest absolute Gasteiger partial charge is 0.205 e. The van der Waals surface area contributed by atoms with Crippen LogP contribution in [0.1, 0.15) is 0 Å². The van der Waals surface area contributed by atoms with Crippen molar-refractivity contribution in [2.75, 3.05) is 4.43 Å². The average Bonchev–Trinajstić information content (AvgIpc) is 1.61. The summed E-state index contributed by atoms with van der Waals surface area (Å²) in [5.41, 5.74) is 6.24. The maximum Gasteiger partial charge on any atom is 0.0456 e. The van der Waals surface area contributed by atoms with Crippen LogP contribution in [0.4, 0.5) is 0 Å². The van der Waals surface area contributed by atoms with Crippen LogP contribution in [-0.4, -0.2) is 4.43 Å². The number of alkyl halides is 1. The van der Waals surface area contributed by atoms with Gasteiger partial charge in [-0.2, -0.15) is 5.11 Å². The Labute approximate surface area is 50.3 Å². The van der Waals surface area contributed by atoms with Gasteiger partial charge in [0.25, 0.3) is 0 Å². The van der Waals surface area contributed by atoms with Crippen molar-refractivity contribution in [2.45, 2.75) is 0 Å². The van der Waals surface area contributed by atoms with Gasteiger partial charge in [-0.3, -0.25) is 0 Å². The average molecular weight is 196 g/mol. The van der Waals surface area contributed by atoms with Gasteiger partial charge in [0.05, 0.1) is 0 Å². The predicted molar refractivity (Wildman–Crippen MR) is 33.2 cm³/mol. The third-order valence-electron chi connectivity index (χ3n) is 0.269. The molecule has 2 nitrogen and oxygen atoms in total. The van der Waals surface area contributed by atoms with Gasteiger partial charge < -0.3 is 0 Å². The minimum absolute atomic E-state index is 0.931. The molecule has 0 unspecified atom stereocenters. The predicted octanol–water partition coefficient (Wildman–Crippen LogP) is 1.97. The van der Waals surface area contributed by atoms with E-state index in [2.05, 4.69) is 27.7 Å². The Bertz CT molecular complexity index is 59.8. The van der Waals surface area contributed by atoms with Crippen molar-refractivity contribution in [1.29, 1.82) is 5.53 Å². The fourth-order valence-corrected chi connectivity index (χ4v) is 0.320. The molecule has 0 saturated heterocycles. The summed E-state index contributed by atoms with van der Waals surface area (Å²) in [6, 6.07) is 0. The normalized spacial score (nSPS) is 9.50. The third kappa shape index (κ3) is 4.07. The number of nitrogens with zero attached hydrogens (tertiary/aromatic N) is 1. The van der Waals surface area contributed by atoms with Gasteiger partial charge in [0.1, 0.15) is 0 Å². The van der Waals surface area contributed by atoms with E-state index in [9.17, 15) is 0 Å². The molecular formula is C3H5IN2. The molecule has 0 fully saturated rings. The number of rotatable bonds is 2. The molecule has 0 aliphatic heterocycles. The summed E-state index contributed by atoms with van der Waals surface area (Å²) in [7, 11) is 0. The molecule has 0 rings (SSSR count). The zero-order valence-corrected chi connectivity index (χ0v) is 5.34.